The first-order valence-electron chi connectivity index (χ1n) is 7.65. The Balaban J connectivity index is 2.02. The first-order chi connectivity index (χ1) is 12.1. The molecule has 25 heavy (non-hydrogen) atoms. The van der Waals surface area contributed by atoms with E-state index in [-0.39, 0.29) is 5.56 Å². The highest BCUT2D eigenvalue weighted by atomic mass is 16.5. The van der Waals surface area contributed by atoms with E-state index in [1.54, 1.807) is 19.2 Å². The van der Waals surface area contributed by atoms with Gasteiger partial charge in [-0.3, -0.25) is 4.79 Å². The number of hydrogen-bond acceptors (Lipinski definition) is 5. The van der Waals surface area contributed by atoms with Crippen LogP contribution in [0.3, 0.4) is 0 Å². The van der Waals surface area contributed by atoms with Crippen LogP contribution in [0.1, 0.15) is 0 Å². The van der Waals surface area contributed by atoms with Crippen molar-refractivity contribution in [3.8, 4) is 22.9 Å². The average Bonchev–Trinajstić information content (AvgIpc) is 3.04. The molecular weight excluding hydrogens is 320 g/mol. The van der Waals surface area contributed by atoms with Crippen LogP contribution in [0.4, 0.5) is 5.69 Å². The zero-order valence-electron chi connectivity index (χ0n) is 13.7. The summed E-state index contributed by atoms with van der Waals surface area (Å²) in [6.45, 7) is 0. The number of benzene rings is 2. The minimum Gasteiger partial charge on any atom is -0.493 e. The number of aromatic nitrogens is 3. The number of imidazole rings is 1. The zero-order chi connectivity index (χ0) is 17.6. The Labute approximate surface area is 142 Å². The quantitative estimate of drug-likeness (QED) is 0.533. The first-order valence-corrected chi connectivity index (χ1v) is 7.65. The predicted octanol–water partition coefficient (Wildman–Crippen LogP) is 2.67. The Hall–Kier alpha value is -3.48. The molecule has 7 nitrogen and oxygen atoms in total. The molecule has 0 saturated carbocycles. The molecule has 0 fully saturated rings. The molecule has 7 heteroatoms. The van der Waals surface area contributed by atoms with E-state index in [0.717, 1.165) is 11.0 Å². The topological polar surface area (TPSA) is 106 Å². The van der Waals surface area contributed by atoms with Crippen molar-refractivity contribution in [2.24, 2.45) is 0 Å². The van der Waals surface area contributed by atoms with Crippen molar-refractivity contribution >= 4 is 27.6 Å². The van der Waals surface area contributed by atoms with Gasteiger partial charge in [-0.25, -0.2) is 4.98 Å². The molecule has 4 aromatic rings. The van der Waals surface area contributed by atoms with Crippen LogP contribution in [-0.2, 0) is 0 Å². The first kappa shape index (κ1) is 15.1. The third-order valence-electron chi connectivity index (χ3n) is 4.18. The van der Waals surface area contributed by atoms with E-state index in [1.807, 2.05) is 24.3 Å². The molecule has 0 atom stereocenters. The molecule has 126 valence electrons. The van der Waals surface area contributed by atoms with Crippen LogP contribution in [0, 0.1) is 0 Å². The fourth-order valence-electron chi connectivity index (χ4n) is 2.95. The monoisotopic (exact) mass is 336 g/mol. The second kappa shape index (κ2) is 5.55. The summed E-state index contributed by atoms with van der Waals surface area (Å²) in [5.74, 6) is 1.47. The molecular formula is C18H16N4O3. The van der Waals surface area contributed by atoms with Crippen LogP contribution in [0.15, 0.2) is 41.2 Å². The number of nitrogens with zero attached hydrogens (tertiary/aromatic N) is 1. The van der Waals surface area contributed by atoms with Crippen molar-refractivity contribution < 1.29 is 9.47 Å². The van der Waals surface area contributed by atoms with E-state index in [2.05, 4.69) is 15.0 Å². The molecule has 0 bridgehead atoms. The fourth-order valence-corrected chi connectivity index (χ4v) is 2.95. The highest BCUT2D eigenvalue weighted by Gasteiger charge is 2.17. The minimum absolute atomic E-state index is 0.302. The van der Waals surface area contributed by atoms with Gasteiger partial charge in [0.25, 0.3) is 5.56 Å². The Morgan fingerprint density at radius 3 is 2.44 bits per heavy atom. The van der Waals surface area contributed by atoms with E-state index in [1.165, 1.54) is 7.11 Å². The molecule has 4 N–H and O–H groups in total. The molecule has 2 aromatic heterocycles. The van der Waals surface area contributed by atoms with Gasteiger partial charge in [-0.1, -0.05) is 12.1 Å². The Bertz CT molecular complexity index is 1130. The molecule has 4 rings (SSSR count). The van der Waals surface area contributed by atoms with Crippen molar-refractivity contribution in [2.45, 2.75) is 0 Å². The summed E-state index contributed by atoms with van der Waals surface area (Å²) < 4.78 is 10.6. The number of fused-ring (bicyclic) bond motifs is 2. The van der Waals surface area contributed by atoms with Crippen molar-refractivity contribution in [1.82, 2.24) is 15.0 Å². The average molecular weight is 336 g/mol. The van der Waals surface area contributed by atoms with Gasteiger partial charge in [-0.05, 0) is 18.2 Å². The summed E-state index contributed by atoms with van der Waals surface area (Å²) >= 11 is 0. The molecule has 2 aromatic carbocycles. The summed E-state index contributed by atoms with van der Waals surface area (Å²) in [5.41, 5.74) is 8.80. The number of nitrogen functional groups attached to an aromatic ring is 1. The van der Waals surface area contributed by atoms with Crippen molar-refractivity contribution in [1.29, 1.82) is 0 Å². The van der Waals surface area contributed by atoms with Crippen molar-refractivity contribution in [2.75, 3.05) is 20.0 Å². The van der Waals surface area contributed by atoms with Gasteiger partial charge in [0.15, 0.2) is 11.5 Å². The fraction of sp³-hybridized carbons (Fsp3) is 0.111. The Kier molecular flexibility index (Phi) is 3.35. The number of H-pyrrole nitrogens is 2. The number of ether oxygens (including phenoxy) is 2. The standard InChI is InChI=1S/C18H16N4O3/c1-24-13-7-9-12(8-14(13)25-2)22-18(23)15(16(9)19)17-20-10-5-3-4-6-11(10)21-17/h3-8H,1-2H3,(H,20,21)(H3,19,22,23). The van der Waals surface area contributed by atoms with E-state index < -0.39 is 0 Å². The maximum Gasteiger partial charge on any atom is 0.261 e. The normalized spacial score (nSPS) is 11.1. The van der Waals surface area contributed by atoms with Gasteiger partial charge < -0.3 is 25.2 Å². The minimum atomic E-state index is -0.323. The van der Waals surface area contributed by atoms with Crippen molar-refractivity contribution in [3.63, 3.8) is 0 Å². The van der Waals surface area contributed by atoms with Gasteiger partial charge in [0, 0.05) is 11.5 Å². The van der Waals surface area contributed by atoms with Gasteiger partial charge >= 0.3 is 0 Å². The molecule has 0 aliphatic heterocycles. The summed E-state index contributed by atoms with van der Waals surface area (Å²) in [6.07, 6.45) is 0. The molecule has 0 saturated heterocycles. The summed E-state index contributed by atoms with van der Waals surface area (Å²) in [5, 5.41) is 0.660. The van der Waals surface area contributed by atoms with Crippen LogP contribution in [0.5, 0.6) is 11.5 Å². The lowest BCUT2D eigenvalue weighted by Crippen LogP contribution is -2.13. The molecule has 0 aliphatic carbocycles. The second-order valence-electron chi connectivity index (χ2n) is 5.60. The predicted molar refractivity (Wildman–Crippen MR) is 97.2 cm³/mol. The number of para-hydroxylation sites is 2. The van der Waals surface area contributed by atoms with E-state index in [4.69, 9.17) is 15.2 Å². The molecule has 0 radical (unpaired) electrons. The molecule has 2 heterocycles. The van der Waals surface area contributed by atoms with Crippen LogP contribution < -0.4 is 20.8 Å². The SMILES string of the molecule is COc1cc2[nH]c(=O)c(-c3nc4ccccc4[nH]3)c(N)c2cc1OC. The lowest BCUT2D eigenvalue weighted by atomic mass is 10.1. The number of aromatic amines is 2. The number of pyridine rings is 1. The maximum atomic E-state index is 12.6. The number of nitrogens with one attached hydrogen (secondary N) is 2. The summed E-state index contributed by atoms with van der Waals surface area (Å²) in [6, 6.07) is 11.0. The molecule has 0 amide bonds. The van der Waals surface area contributed by atoms with Crippen LogP contribution in [0.25, 0.3) is 33.3 Å². The van der Waals surface area contributed by atoms with Gasteiger partial charge in [0.2, 0.25) is 0 Å². The lowest BCUT2D eigenvalue weighted by molar-refractivity contribution is 0.356. The highest BCUT2D eigenvalue weighted by Crippen LogP contribution is 2.35. The van der Waals surface area contributed by atoms with Gasteiger partial charge in [0.05, 0.1) is 36.5 Å². The summed E-state index contributed by atoms with van der Waals surface area (Å²) in [7, 11) is 3.08. The van der Waals surface area contributed by atoms with Crippen LogP contribution >= 0.6 is 0 Å². The van der Waals surface area contributed by atoms with Crippen LogP contribution in [0.2, 0.25) is 0 Å². The lowest BCUT2D eigenvalue weighted by Gasteiger charge is -2.12. The van der Waals surface area contributed by atoms with Crippen molar-refractivity contribution in [3.05, 3.63) is 46.8 Å². The smallest absolute Gasteiger partial charge is 0.261 e. The van der Waals surface area contributed by atoms with Gasteiger partial charge in [-0.2, -0.15) is 0 Å². The third-order valence-corrected chi connectivity index (χ3v) is 4.18. The third kappa shape index (κ3) is 2.28. The molecule has 0 spiro atoms. The largest absolute Gasteiger partial charge is 0.493 e. The second-order valence-corrected chi connectivity index (χ2v) is 5.60. The van der Waals surface area contributed by atoms with E-state index >= 15 is 0 Å². The molecule has 0 aliphatic rings. The number of nitrogens with two attached hydrogens (primary N) is 1. The van der Waals surface area contributed by atoms with Gasteiger partial charge in [-0.15, -0.1) is 0 Å². The van der Waals surface area contributed by atoms with Crippen LogP contribution in [-0.4, -0.2) is 29.2 Å². The Morgan fingerprint density at radius 1 is 1.00 bits per heavy atom. The number of rotatable bonds is 3. The highest BCUT2D eigenvalue weighted by molar-refractivity contribution is 5.99. The molecule has 0 unspecified atom stereocenters. The van der Waals surface area contributed by atoms with E-state index in [0.29, 0.717) is 39.5 Å². The van der Waals surface area contributed by atoms with E-state index in [9.17, 15) is 4.79 Å². The maximum absolute atomic E-state index is 12.6. The summed E-state index contributed by atoms with van der Waals surface area (Å²) in [4.78, 5) is 23.1. The Morgan fingerprint density at radius 2 is 1.72 bits per heavy atom. The van der Waals surface area contributed by atoms with Gasteiger partial charge in [0.1, 0.15) is 11.4 Å². The number of anilines is 1. The number of hydrogen-bond donors (Lipinski definition) is 3. The zero-order valence-corrected chi connectivity index (χ0v) is 13.7. The number of methoxy groups -OCH3 is 2.